The van der Waals surface area contributed by atoms with Gasteiger partial charge in [-0.25, -0.2) is 0 Å². The zero-order valence-electron chi connectivity index (χ0n) is 14.0. The van der Waals surface area contributed by atoms with E-state index >= 15 is 0 Å². The highest BCUT2D eigenvalue weighted by Crippen LogP contribution is 2.42. The van der Waals surface area contributed by atoms with Gasteiger partial charge in [0, 0.05) is 7.05 Å². The van der Waals surface area contributed by atoms with Crippen LogP contribution < -0.4 is 9.47 Å². The molecule has 1 aliphatic rings. The minimum Gasteiger partial charge on any atom is -0.453 e. The van der Waals surface area contributed by atoms with Gasteiger partial charge in [-0.15, -0.1) is 0 Å². The maximum absolute atomic E-state index is 12.6. The molecule has 26 heavy (non-hydrogen) atoms. The van der Waals surface area contributed by atoms with E-state index in [9.17, 15) is 9.59 Å². The zero-order valence-corrected chi connectivity index (χ0v) is 14.0. The van der Waals surface area contributed by atoms with E-state index in [1.807, 2.05) is 36.4 Å². The lowest BCUT2D eigenvalue weighted by Crippen LogP contribution is -2.24. The molecule has 1 heterocycles. The van der Waals surface area contributed by atoms with Crippen molar-refractivity contribution in [2.24, 2.45) is 0 Å². The lowest BCUT2D eigenvalue weighted by Gasteiger charge is -2.15. The van der Waals surface area contributed by atoms with Gasteiger partial charge in [0.05, 0.1) is 11.1 Å². The Labute approximate surface area is 150 Å². The Balaban J connectivity index is 1.84. The maximum Gasteiger partial charge on any atom is 0.265 e. The van der Waals surface area contributed by atoms with Crippen LogP contribution in [0.4, 0.5) is 0 Å². The fourth-order valence-corrected chi connectivity index (χ4v) is 2.80. The van der Waals surface area contributed by atoms with Gasteiger partial charge < -0.3 is 9.47 Å². The van der Waals surface area contributed by atoms with E-state index in [0.29, 0.717) is 22.8 Å². The van der Waals surface area contributed by atoms with E-state index in [2.05, 4.69) is 0 Å². The molecular formula is C21H15NO4. The number of hydrogen-bond donors (Lipinski definition) is 0. The average molecular weight is 345 g/mol. The van der Waals surface area contributed by atoms with Gasteiger partial charge in [0.25, 0.3) is 11.8 Å². The first kappa shape index (κ1) is 15.9. The number of hydrogen-bond acceptors (Lipinski definition) is 4. The second kappa shape index (κ2) is 6.37. The van der Waals surface area contributed by atoms with Crippen molar-refractivity contribution in [3.05, 3.63) is 83.9 Å². The Bertz CT molecular complexity index is 984. The number of benzene rings is 3. The maximum atomic E-state index is 12.6. The Kier molecular flexibility index (Phi) is 3.89. The molecule has 5 nitrogen and oxygen atoms in total. The van der Waals surface area contributed by atoms with Crippen LogP contribution in [-0.2, 0) is 0 Å². The molecule has 4 rings (SSSR count). The van der Waals surface area contributed by atoms with Crippen molar-refractivity contribution in [1.82, 2.24) is 4.90 Å². The summed E-state index contributed by atoms with van der Waals surface area (Å²) in [5, 5.41) is 0. The number of carbonyl (C=O) groups excluding carboxylic acids is 2. The molecular weight excluding hydrogens is 330 g/mol. The Morgan fingerprint density at radius 2 is 1.27 bits per heavy atom. The highest BCUT2D eigenvalue weighted by atomic mass is 16.5. The van der Waals surface area contributed by atoms with Gasteiger partial charge >= 0.3 is 0 Å². The molecule has 0 radical (unpaired) electrons. The summed E-state index contributed by atoms with van der Waals surface area (Å²) in [4.78, 5) is 26.0. The van der Waals surface area contributed by atoms with Crippen molar-refractivity contribution in [2.45, 2.75) is 0 Å². The first-order valence-electron chi connectivity index (χ1n) is 8.10. The summed E-state index contributed by atoms with van der Waals surface area (Å²) in [6.45, 7) is 0. The molecule has 0 aromatic heterocycles. The number of para-hydroxylation sites is 2. The normalized spacial score (nSPS) is 12.9. The highest BCUT2D eigenvalue weighted by molar-refractivity contribution is 6.22. The first-order valence-corrected chi connectivity index (χ1v) is 8.10. The first-order chi connectivity index (χ1) is 12.6. The molecule has 0 bridgehead atoms. The van der Waals surface area contributed by atoms with Crippen LogP contribution >= 0.6 is 0 Å². The third-order valence-electron chi connectivity index (χ3n) is 4.11. The molecule has 0 atom stereocenters. The van der Waals surface area contributed by atoms with Crippen molar-refractivity contribution in [3.63, 3.8) is 0 Å². The fourth-order valence-electron chi connectivity index (χ4n) is 2.80. The minimum atomic E-state index is -0.408. The largest absolute Gasteiger partial charge is 0.453 e. The Hall–Kier alpha value is -3.60. The smallest absolute Gasteiger partial charge is 0.265 e. The van der Waals surface area contributed by atoms with Crippen LogP contribution in [-0.4, -0.2) is 23.8 Å². The molecule has 5 heteroatoms. The predicted octanol–water partition coefficient (Wildman–Crippen LogP) is 4.50. The molecule has 0 N–H and O–H groups in total. The quantitative estimate of drug-likeness (QED) is 0.654. The van der Waals surface area contributed by atoms with E-state index in [0.717, 1.165) is 4.90 Å². The van der Waals surface area contributed by atoms with Crippen LogP contribution in [0.25, 0.3) is 0 Å². The summed E-state index contributed by atoms with van der Waals surface area (Å²) in [6, 6.07) is 21.5. The second-order valence-corrected chi connectivity index (χ2v) is 5.81. The van der Waals surface area contributed by atoms with Crippen LogP contribution in [0.3, 0.4) is 0 Å². The molecule has 0 spiro atoms. The summed E-state index contributed by atoms with van der Waals surface area (Å²) in [7, 11) is 1.45. The molecule has 0 fully saturated rings. The van der Waals surface area contributed by atoms with Gasteiger partial charge in [-0.2, -0.15) is 0 Å². The summed E-state index contributed by atoms with van der Waals surface area (Å²) in [5.41, 5.74) is 0.527. The Morgan fingerprint density at radius 1 is 0.692 bits per heavy atom. The number of rotatable bonds is 4. The molecule has 2 amide bonds. The third kappa shape index (κ3) is 2.69. The monoisotopic (exact) mass is 345 g/mol. The van der Waals surface area contributed by atoms with Crippen LogP contribution in [0.5, 0.6) is 23.0 Å². The number of fused-ring (bicyclic) bond motifs is 1. The molecule has 0 aliphatic carbocycles. The molecule has 0 unspecified atom stereocenters. The summed E-state index contributed by atoms with van der Waals surface area (Å²) in [5.74, 6) is 1.00. The van der Waals surface area contributed by atoms with Crippen molar-refractivity contribution in [1.29, 1.82) is 0 Å². The van der Waals surface area contributed by atoms with Crippen LogP contribution in [0.15, 0.2) is 72.8 Å². The van der Waals surface area contributed by atoms with Crippen LogP contribution in [0.2, 0.25) is 0 Å². The molecule has 3 aromatic rings. The van der Waals surface area contributed by atoms with Crippen molar-refractivity contribution in [2.75, 3.05) is 7.05 Å². The van der Waals surface area contributed by atoms with Gasteiger partial charge in [0.2, 0.25) is 0 Å². The molecule has 1 aliphatic heterocycles. The van der Waals surface area contributed by atoms with Crippen LogP contribution in [0, 0.1) is 0 Å². The number of carbonyl (C=O) groups is 2. The van der Waals surface area contributed by atoms with Gasteiger partial charge in [0.15, 0.2) is 11.5 Å². The minimum absolute atomic E-state index is 0.217. The average Bonchev–Trinajstić information content (AvgIpc) is 2.89. The SMILES string of the molecule is CN1C(=O)c2ccc(Oc3ccccc3)c(Oc3ccccc3)c2C1=O. The third-order valence-corrected chi connectivity index (χ3v) is 4.11. The van der Waals surface area contributed by atoms with Crippen molar-refractivity contribution in [3.8, 4) is 23.0 Å². The van der Waals surface area contributed by atoms with Gasteiger partial charge in [-0.05, 0) is 36.4 Å². The predicted molar refractivity (Wildman–Crippen MR) is 95.9 cm³/mol. The van der Waals surface area contributed by atoms with E-state index in [-0.39, 0.29) is 17.2 Å². The standard InChI is InChI=1S/C21H15NO4/c1-22-20(23)16-12-13-17(25-14-8-4-2-5-9-14)19(18(16)21(22)24)26-15-10-6-3-7-11-15/h2-13H,1H3. The topological polar surface area (TPSA) is 55.8 Å². The van der Waals surface area contributed by atoms with E-state index in [1.54, 1.807) is 36.4 Å². The molecule has 3 aromatic carbocycles. The molecule has 128 valence electrons. The lowest BCUT2D eigenvalue weighted by atomic mass is 10.1. The Morgan fingerprint density at radius 3 is 1.88 bits per heavy atom. The molecule has 0 saturated heterocycles. The van der Waals surface area contributed by atoms with Crippen molar-refractivity contribution >= 4 is 11.8 Å². The summed E-state index contributed by atoms with van der Waals surface area (Å²) < 4.78 is 11.9. The van der Waals surface area contributed by atoms with Gasteiger partial charge in [-0.3, -0.25) is 14.5 Å². The van der Waals surface area contributed by atoms with Crippen LogP contribution in [0.1, 0.15) is 20.7 Å². The summed E-state index contributed by atoms with van der Waals surface area (Å²) >= 11 is 0. The summed E-state index contributed by atoms with van der Waals surface area (Å²) in [6.07, 6.45) is 0. The van der Waals surface area contributed by atoms with Crippen molar-refractivity contribution < 1.29 is 19.1 Å². The van der Waals surface area contributed by atoms with Gasteiger partial charge in [-0.1, -0.05) is 36.4 Å². The number of ether oxygens (including phenoxy) is 2. The van der Waals surface area contributed by atoms with E-state index < -0.39 is 5.91 Å². The molecule has 0 saturated carbocycles. The van der Waals surface area contributed by atoms with E-state index in [1.165, 1.54) is 7.05 Å². The number of nitrogens with zero attached hydrogens (tertiary/aromatic N) is 1. The fraction of sp³-hybridized carbons (Fsp3) is 0.0476. The van der Waals surface area contributed by atoms with Gasteiger partial charge in [0.1, 0.15) is 11.5 Å². The lowest BCUT2D eigenvalue weighted by molar-refractivity contribution is 0.0692. The number of imide groups is 1. The zero-order chi connectivity index (χ0) is 18.1. The second-order valence-electron chi connectivity index (χ2n) is 5.81. The highest BCUT2D eigenvalue weighted by Gasteiger charge is 2.37. The van der Waals surface area contributed by atoms with E-state index in [4.69, 9.17) is 9.47 Å². The number of amides is 2.